The predicted octanol–water partition coefficient (Wildman–Crippen LogP) is -1.95. The molecular formula is C10H15BrN2O2. The summed E-state index contributed by atoms with van der Waals surface area (Å²) in [5.74, 6) is 0. The summed E-state index contributed by atoms with van der Waals surface area (Å²) < 4.78 is 6.25. The maximum absolute atomic E-state index is 11.3. The molecule has 0 fully saturated rings. The standard InChI is InChI=1S/C10H15N2O2.BrH/c1-4-14-10(13)12-7-5-9(6-8-12)11(2)3;/h5-8H,4H2,1-3H3;1H/q+1;/p-1. The van der Waals surface area contributed by atoms with E-state index in [4.69, 9.17) is 4.74 Å². The molecule has 0 saturated heterocycles. The van der Waals surface area contributed by atoms with Gasteiger partial charge in [-0.3, -0.25) is 0 Å². The van der Waals surface area contributed by atoms with Crippen molar-refractivity contribution in [3.8, 4) is 0 Å². The highest BCUT2D eigenvalue weighted by Gasteiger charge is 2.14. The summed E-state index contributed by atoms with van der Waals surface area (Å²) in [6, 6.07) is 3.72. The zero-order valence-electron chi connectivity index (χ0n) is 9.11. The number of ether oxygens (including phenoxy) is 1. The van der Waals surface area contributed by atoms with Gasteiger partial charge in [0.05, 0.1) is 6.61 Å². The summed E-state index contributed by atoms with van der Waals surface area (Å²) in [6.07, 6.45) is 3.03. The first-order chi connectivity index (χ1) is 6.65. The molecule has 0 amide bonds. The molecule has 4 nitrogen and oxygen atoms in total. The number of carbonyl (C=O) groups excluding carboxylic acids is 1. The molecule has 1 aromatic heterocycles. The molecule has 84 valence electrons. The van der Waals surface area contributed by atoms with Gasteiger partial charge < -0.3 is 26.6 Å². The van der Waals surface area contributed by atoms with Crippen LogP contribution in [0.25, 0.3) is 0 Å². The van der Waals surface area contributed by atoms with Gasteiger partial charge in [0, 0.05) is 31.9 Å². The van der Waals surface area contributed by atoms with E-state index in [0.717, 1.165) is 5.69 Å². The monoisotopic (exact) mass is 274 g/mol. The third-order valence-electron chi connectivity index (χ3n) is 1.81. The van der Waals surface area contributed by atoms with Crippen molar-refractivity contribution in [3.05, 3.63) is 24.5 Å². The molecule has 0 atom stereocenters. The molecule has 0 N–H and O–H groups in total. The Bertz CT molecular complexity index is 312. The van der Waals surface area contributed by atoms with Crippen LogP contribution in [-0.4, -0.2) is 26.8 Å². The first-order valence-corrected chi connectivity index (χ1v) is 4.51. The van der Waals surface area contributed by atoms with Crippen LogP contribution in [-0.2, 0) is 4.74 Å². The van der Waals surface area contributed by atoms with Crippen LogP contribution in [0, 0.1) is 0 Å². The van der Waals surface area contributed by atoms with Crippen LogP contribution in [0.15, 0.2) is 24.5 Å². The summed E-state index contributed by atoms with van der Waals surface area (Å²) >= 11 is 0. The lowest BCUT2D eigenvalue weighted by molar-refractivity contribution is -0.585. The van der Waals surface area contributed by atoms with Gasteiger partial charge in [0.25, 0.3) is 0 Å². The molecule has 0 unspecified atom stereocenters. The molecule has 0 saturated carbocycles. The second-order valence-corrected chi connectivity index (χ2v) is 3.06. The third-order valence-corrected chi connectivity index (χ3v) is 1.81. The van der Waals surface area contributed by atoms with Crippen LogP contribution in [0.4, 0.5) is 10.5 Å². The first-order valence-electron chi connectivity index (χ1n) is 4.51. The van der Waals surface area contributed by atoms with Crippen LogP contribution < -0.4 is 26.4 Å². The number of hydrogen-bond acceptors (Lipinski definition) is 3. The Hall–Kier alpha value is -1.10. The second-order valence-electron chi connectivity index (χ2n) is 3.06. The van der Waals surface area contributed by atoms with Gasteiger partial charge in [-0.2, -0.15) is 4.79 Å². The third kappa shape index (κ3) is 3.87. The lowest BCUT2D eigenvalue weighted by atomic mass is 10.4. The summed E-state index contributed by atoms with van der Waals surface area (Å²) in [6.45, 7) is 2.17. The van der Waals surface area contributed by atoms with Crippen molar-refractivity contribution in [2.45, 2.75) is 6.92 Å². The fourth-order valence-corrected chi connectivity index (χ4v) is 1.04. The topological polar surface area (TPSA) is 33.4 Å². The van der Waals surface area contributed by atoms with Crippen LogP contribution in [0.3, 0.4) is 0 Å². The number of anilines is 1. The lowest BCUT2D eigenvalue weighted by Crippen LogP contribution is -3.00. The van der Waals surface area contributed by atoms with Crippen molar-refractivity contribution in [1.29, 1.82) is 0 Å². The summed E-state index contributed by atoms with van der Waals surface area (Å²) in [5, 5.41) is 0. The number of halogens is 1. The van der Waals surface area contributed by atoms with Gasteiger partial charge in [-0.15, -0.1) is 0 Å². The van der Waals surface area contributed by atoms with Gasteiger partial charge >= 0.3 is 6.09 Å². The minimum absolute atomic E-state index is 0. The number of aromatic nitrogens is 1. The summed E-state index contributed by atoms with van der Waals surface area (Å²) in [5.41, 5.74) is 1.05. The molecule has 0 aliphatic heterocycles. The summed E-state index contributed by atoms with van der Waals surface area (Å²) in [7, 11) is 3.90. The fourth-order valence-electron chi connectivity index (χ4n) is 1.04. The van der Waals surface area contributed by atoms with Gasteiger partial charge in [-0.25, -0.2) is 0 Å². The van der Waals surface area contributed by atoms with Gasteiger partial charge in [0.15, 0.2) is 12.4 Å². The number of rotatable bonds is 2. The van der Waals surface area contributed by atoms with Crippen molar-refractivity contribution in [2.24, 2.45) is 0 Å². The van der Waals surface area contributed by atoms with Gasteiger partial charge in [-0.05, 0) is 6.92 Å². The Labute approximate surface area is 100 Å². The van der Waals surface area contributed by atoms with E-state index in [-0.39, 0.29) is 23.1 Å². The highest BCUT2D eigenvalue weighted by Crippen LogP contribution is 2.05. The molecule has 0 aliphatic rings. The number of hydrogen-bond donors (Lipinski definition) is 0. The zero-order valence-corrected chi connectivity index (χ0v) is 10.7. The smallest absolute Gasteiger partial charge is 0.601 e. The highest BCUT2D eigenvalue weighted by molar-refractivity contribution is 5.57. The average Bonchev–Trinajstić information content (AvgIpc) is 2.18. The Balaban J connectivity index is 0.00000196. The quantitative estimate of drug-likeness (QED) is 0.588. The van der Waals surface area contributed by atoms with Crippen LogP contribution in [0.1, 0.15) is 6.92 Å². The van der Waals surface area contributed by atoms with Gasteiger partial charge in [-0.1, -0.05) is 4.57 Å². The van der Waals surface area contributed by atoms with E-state index in [0.29, 0.717) is 6.61 Å². The van der Waals surface area contributed by atoms with Crippen molar-refractivity contribution in [1.82, 2.24) is 0 Å². The van der Waals surface area contributed by atoms with E-state index in [2.05, 4.69) is 0 Å². The Morgan fingerprint density at radius 3 is 2.33 bits per heavy atom. The molecule has 0 radical (unpaired) electrons. The van der Waals surface area contributed by atoms with E-state index in [1.54, 1.807) is 19.3 Å². The van der Waals surface area contributed by atoms with Gasteiger partial charge in [0.1, 0.15) is 0 Å². The van der Waals surface area contributed by atoms with E-state index in [1.807, 2.05) is 31.1 Å². The van der Waals surface area contributed by atoms with Crippen molar-refractivity contribution in [3.63, 3.8) is 0 Å². The predicted molar refractivity (Wildman–Crippen MR) is 53.4 cm³/mol. The highest BCUT2D eigenvalue weighted by atomic mass is 79.9. The van der Waals surface area contributed by atoms with Crippen LogP contribution in [0.5, 0.6) is 0 Å². The molecule has 5 heteroatoms. The Morgan fingerprint density at radius 2 is 1.93 bits per heavy atom. The minimum atomic E-state index is -0.349. The molecule has 1 aromatic rings. The van der Waals surface area contributed by atoms with Crippen LogP contribution >= 0.6 is 0 Å². The minimum Gasteiger partial charge on any atom is -1.00 e. The molecule has 0 bridgehead atoms. The molecule has 0 spiro atoms. The van der Waals surface area contributed by atoms with E-state index >= 15 is 0 Å². The fraction of sp³-hybridized carbons (Fsp3) is 0.400. The van der Waals surface area contributed by atoms with E-state index < -0.39 is 0 Å². The average molecular weight is 275 g/mol. The normalized spacial score (nSPS) is 9.00. The Morgan fingerprint density at radius 1 is 1.40 bits per heavy atom. The van der Waals surface area contributed by atoms with Crippen molar-refractivity contribution >= 4 is 11.8 Å². The molecule has 1 rings (SSSR count). The zero-order chi connectivity index (χ0) is 10.6. The second kappa shape index (κ2) is 6.40. The van der Waals surface area contributed by atoms with Crippen molar-refractivity contribution in [2.75, 3.05) is 25.6 Å². The number of carbonyl (C=O) groups is 1. The van der Waals surface area contributed by atoms with E-state index in [1.165, 1.54) is 4.57 Å². The molecule has 15 heavy (non-hydrogen) atoms. The van der Waals surface area contributed by atoms with Gasteiger partial charge in [0.2, 0.25) is 0 Å². The molecule has 1 heterocycles. The Kier molecular flexibility index (Phi) is 5.93. The maximum atomic E-state index is 11.3. The van der Waals surface area contributed by atoms with E-state index in [9.17, 15) is 4.79 Å². The number of pyridine rings is 1. The number of nitrogens with zero attached hydrogens (tertiary/aromatic N) is 2. The first kappa shape index (κ1) is 13.9. The molecule has 0 aromatic carbocycles. The van der Waals surface area contributed by atoms with Crippen molar-refractivity contribution < 1.29 is 31.1 Å². The summed E-state index contributed by atoms with van der Waals surface area (Å²) in [4.78, 5) is 13.2. The SMILES string of the molecule is CCOC(=O)[n+]1ccc(N(C)C)cc1.[Br-]. The molecular weight excluding hydrogens is 260 g/mol. The van der Waals surface area contributed by atoms with Crippen LogP contribution in [0.2, 0.25) is 0 Å². The largest absolute Gasteiger partial charge is 1.00 e. The maximum Gasteiger partial charge on any atom is 0.601 e. The lowest BCUT2D eigenvalue weighted by Gasteiger charge is -2.09. The molecule has 0 aliphatic carbocycles.